The van der Waals surface area contributed by atoms with E-state index in [1.807, 2.05) is 24.3 Å². The van der Waals surface area contributed by atoms with Crippen molar-refractivity contribution in [1.29, 1.82) is 0 Å². The van der Waals surface area contributed by atoms with Crippen molar-refractivity contribution in [2.75, 3.05) is 12.3 Å². The third-order valence-electron chi connectivity index (χ3n) is 2.35. The zero-order chi connectivity index (χ0) is 13.7. The van der Waals surface area contributed by atoms with Gasteiger partial charge in [-0.1, -0.05) is 11.3 Å². The number of nitrogens with zero attached hydrogens (tertiary/aromatic N) is 2. The van der Waals surface area contributed by atoms with Gasteiger partial charge in [-0.3, -0.25) is 4.79 Å². The molecule has 6 nitrogen and oxygen atoms in total. The zero-order valence-electron chi connectivity index (χ0n) is 10.1. The van der Waals surface area contributed by atoms with Crippen molar-refractivity contribution < 1.29 is 14.6 Å². The minimum Gasteiger partial charge on any atom is -0.494 e. The molecular formula is C12H13N3O3S. The highest BCUT2D eigenvalue weighted by Crippen LogP contribution is 2.26. The molecular weight excluding hydrogens is 266 g/mol. The van der Waals surface area contributed by atoms with Crippen LogP contribution in [-0.2, 0) is 4.79 Å². The molecule has 0 bridgehead atoms. The summed E-state index contributed by atoms with van der Waals surface area (Å²) in [7, 11) is 0. The lowest BCUT2D eigenvalue weighted by Gasteiger charge is -2.05. The van der Waals surface area contributed by atoms with E-state index in [0.29, 0.717) is 23.9 Å². The molecule has 0 saturated heterocycles. The Balaban J connectivity index is 1.90. The van der Waals surface area contributed by atoms with Crippen LogP contribution in [-0.4, -0.2) is 27.9 Å². The molecule has 1 heterocycles. The maximum atomic E-state index is 10.3. The molecule has 0 spiro atoms. The molecule has 0 aliphatic rings. The van der Waals surface area contributed by atoms with Crippen LogP contribution in [0.5, 0.6) is 5.75 Å². The monoisotopic (exact) mass is 279 g/mol. The van der Waals surface area contributed by atoms with Crippen molar-refractivity contribution >= 4 is 22.4 Å². The fourth-order valence-electron chi connectivity index (χ4n) is 1.46. The van der Waals surface area contributed by atoms with Crippen LogP contribution >= 0.6 is 11.3 Å². The number of nitrogen functional groups attached to an aromatic ring is 1. The molecule has 2 rings (SSSR count). The van der Waals surface area contributed by atoms with Gasteiger partial charge in [-0.25, -0.2) is 0 Å². The van der Waals surface area contributed by atoms with E-state index in [1.54, 1.807) is 0 Å². The minimum atomic E-state index is -0.812. The average molecular weight is 279 g/mol. The molecule has 2 aromatic rings. The van der Waals surface area contributed by atoms with E-state index in [-0.39, 0.29) is 6.42 Å². The molecule has 100 valence electrons. The van der Waals surface area contributed by atoms with E-state index in [9.17, 15) is 4.79 Å². The van der Waals surface area contributed by atoms with Crippen LogP contribution in [0.3, 0.4) is 0 Å². The summed E-state index contributed by atoms with van der Waals surface area (Å²) in [5.41, 5.74) is 6.45. The number of carboxylic acid groups (broad SMARTS) is 1. The third-order valence-corrected chi connectivity index (χ3v) is 3.15. The van der Waals surface area contributed by atoms with Gasteiger partial charge in [0.1, 0.15) is 10.8 Å². The third kappa shape index (κ3) is 3.92. The predicted octanol–water partition coefficient (Wildman–Crippen LogP) is 2.03. The first-order chi connectivity index (χ1) is 9.15. The van der Waals surface area contributed by atoms with Gasteiger partial charge in [0.25, 0.3) is 0 Å². The molecule has 0 aliphatic heterocycles. The van der Waals surface area contributed by atoms with Crippen LogP contribution in [0.1, 0.15) is 12.8 Å². The Morgan fingerprint density at radius 3 is 2.63 bits per heavy atom. The van der Waals surface area contributed by atoms with Gasteiger partial charge in [-0.2, -0.15) is 0 Å². The van der Waals surface area contributed by atoms with Crippen molar-refractivity contribution in [1.82, 2.24) is 10.2 Å². The maximum Gasteiger partial charge on any atom is 0.303 e. The second kappa shape index (κ2) is 6.14. The summed E-state index contributed by atoms with van der Waals surface area (Å²) in [4.78, 5) is 10.3. The molecule has 0 atom stereocenters. The molecule has 0 aliphatic carbocycles. The fourth-order valence-corrected chi connectivity index (χ4v) is 2.07. The Morgan fingerprint density at radius 1 is 1.32 bits per heavy atom. The number of carbonyl (C=O) groups is 1. The van der Waals surface area contributed by atoms with Gasteiger partial charge in [-0.05, 0) is 30.7 Å². The van der Waals surface area contributed by atoms with Crippen LogP contribution in [0.4, 0.5) is 5.13 Å². The minimum absolute atomic E-state index is 0.113. The predicted molar refractivity (Wildman–Crippen MR) is 72.1 cm³/mol. The highest BCUT2D eigenvalue weighted by molar-refractivity contribution is 7.18. The lowest BCUT2D eigenvalue weighted by atomic mass is 10.2. The van der Waals surface area contributed by atoms with Crippen LogP contribution in [0.15, 0.2) is 24.3 Å². The Bertz CT molecular complexity index is 554. The summed E-state index contributed by atoms with van der Waals surface area (Å²) in [5, 5.41) is 17.4. The molecule has 3 N–H and O–H groups in total. The second-order valence-electron chi connectivity index (χ2n) is 3.82. The van der Waals surface area contributed by atoms with Crippen LogP contribution < -0.4 is 10.5 Å². The van der Waals surface area contributed by atoms with Crippen LogP contribution in [0.2, 0.25) is 0 Å². The number of ether oxygens (including phenoxy) is 1. The zero-order valence-corrected chi connectivity index (χ0v) is 10.9. The first-order valence-electron chi connectivity index (χ1n) is 5.69. The maximum absolute atomic E-state index is 10.3. The van der Waals surface area contributed by atoms with Crippen molar-refractivity contribution in [2.24, 2.45) is 0 Å². The summed E-state index contributed by atoms with van der Waals surface area (Å²) in [6.45, 7) is 0.386. The molecule has 0 amide bonds. The standard InChI is InChI=1S/C12H13N3O3S/c13-12-15-14-11(19-12)8-3-5-9(6-4-8)18-7-1-2-10(16)17/h3-6H,1-2,7H2,(H2,13,15)(H,16,17). The van der Waals surface area contributed by atoms with Crippen molar-refractivity contribution in [3.05, 3.63) is 24.3 Å². The molecule has 1 aromatic heterocycles. The number of carboxylic acids is 1. The van der Waals surface area contributed by atoms with Crippen molar-refractivity contribution in [2.45, 2.75) is 12.8 Å². The van der Waals surface area contributed by atoms with Crippen molar-refractivity contribution in [3.63, 3.8) is 0 Å². The first-order valence-corrected chi connectivity index (χ1v) is 6.51. The van der Waals surface area contributed by atoms with Gasteiger partial charge in [-0.15, -0.1) is 10.2 Å². The summed E-state index contributed by atoms with van der Waals surface area (Å²) in [6.07, 6.45) is 0.603. The number of rotatable bonds is 6. The second-order valence-corrected chi connectivity index (χ2v) is 4.82. The number of nitrogens with two attached hydrogens (primary N) is 1. The number of hydrogen-bond acceptors (Lipinski definition) is 6. The lowest BCUT2D eigenvalue weighted by Crippen LogP contribution is -2.01. The largest absolute Gasteiger partial charge is 0.494 e. The van der Waals surface area contributed by atoms with E-state index in [2.05, 4.69) is 10.2 Å². The molecule has 0 unspecified atom stereocenters. The fraction of sp³-hybridized carbons (Fsp3) is 0.250. The number of aliphatic carboxylic acids is 1. The number of anilines is 1. The quantitative estimate of drug-likeness (QED) is 0.785. The van der Waals surface area contributed by atoms with Gasteiger partial charge >= 0.3 is 5.97 Å². The number of hydrogen-bond donors (Lipinski definition) is 2. The normalized spacial score (nSPS) is 10.3. The van der Waals surface area contributed by atoms with E-state index in [0.717, 1.165) is 10.6 Å². The van der Waals surface area contributed by atoms with Crippen LogP contribution in [0.25, 0.3) is 10.6 Å². The topological polar surface area (TPSA) is 98.3 Å². The van der Waals surface area contributed by atoms with Gasteiger partial charge < -0.3 is 15.6 Å². The Morgan fingerprint density at radius 2 is 2.05 bits per heavy atom. The Kier molecular flexibility index (Phi) is 4.30. The SMILES string of the molecule is Nc1nnc(-c2ccc(OCCCC(=O)O)cc2)s1. The summed E-state index contributed by atoms with van der Waals surface area (Å²) < 4.78 is 5.43. The van der Waals surface area contributed by atoms with Gasteiger partial charge in [0, 0.05) is 12.0 Å². The van der Waals surface area contributed by atoms with Gasteiger partial charge in [0.15, 0.2) is 0 Å². The lowest BCUT2D eigenvalue weighted by molar-refractivity contribution is -0.137. The van der Waals surface area contributed by atoms with E-state index < -0.39 is 5.97 Å². The van der Waals surface area contributed by atoms with Gasteiger partial charge in [0.2, 0.25) is 5.13 Å². The first kappa shape index (κ1) is 13.3. The van der Waals surface area contributed by atoms with E-state index >= 15 is 0 Å². The Hall–Kier alpha value is -2.15. The highest BCUT2D eigenvalue weighted by atomic mass is 32.1. The van der Waals surface area contributed by atoms with E-state index in [1.165, 1.54) is 11.3 Å². The molecule has 1 aromatic carbocycles. The summed E-state index contributed by atoms with van der Waals surface area (Å²) in [5.74, 6) is -0.112. The molecule has 0 saturated carbocycles. The van der Waals surface area contributed by atoms with Gasteiger partial charge in [0.05, 0.1) is 6.61 Å². The average Bonchev–Trinajstić information content (AvgIpc) is 2.82. The summed E-state index contributed by atoms with van der Waals surface area (Å²) in [6, 6.07) is 7.36. The highest BCUT2D eigenvalue weighted by Gasteiger charge is 2.04. The number of aromatic nitrogens is 2. The smallest absolute Gasteiger partial charge is 0.303 e. The van der Waals surface area contributed by atoms with Crippen LogP contribution in [0, 0.1) is 0 Å². The molecule has 0 radical (unpaired) electrons. The Labute approximate surface area is 113 Å². The molecule has 0 fully saturated rings. The summed E-state index contributed by atoms with van der Waals surface area (Å²) >= 11 is 1.32. The molecule has 19 heavy (non-hydrogen) atoms. The van der Waals surface area contributed by atoms with Crippen molar-refractivity contribution in [3.8, 4) is 16.3 Å². The molecule has 7 heteroatoms. The van der Waals surface area contributed by atoms with E-state index in [4.69, 9.17) is 15.6 Å². The number of benzene rings is 1.